The van der Waals surface area contributed by atoms with Gasteiger partial charge >= 0.3 is 0 Å². The topological polar surface area (TPSA) is 63.8 Å². The first-order chi connectivity index (χ1) is 16.8. The Labute approximate surface area is 208 Å². The zero-order chi connectivity index (χ0) is 24.6. The number of anilines is 1. The first-order valence-electron chi connectivity index (χ1n) is 12.9. The van der Waals surface area contributed by atoms with Gasteiger partial charge in [0.15, 0.2) is 0 Å². The van der Waals surface area contributed by atoms with Crippen molar-refractivity contribution in [3.8, 4) is 11.4 Å². The molecule has 1 aliphatic rings. The zero-order valence-corrected chi connectivity index (χ0v) is 21.8. The Morgan fingerprint density at radius 3 is 2.34 bits per heavy atom. The molecule has 2 aromatic carbocycles. The molecule has 1 saturated heterocycles. The second kappa shape index (κ2) is 9.50. The summed E-state index contributed by atoms with van der Waals surface area (Å²) in [5, 5.41) is 0. The van der Waals surface area contributed by atoms with Crippen LogP contribution in [0.25, 0.3) is 22.4 Å². The van der Waals surface area contributed by atoms with E-state index in [9.17, 15) is 0 Å². The fourth-order valence-electron chi connectivity index (χ4n) is 4.97. The van der Waals surface area contributed by atoms with E-state index in [1.807, 2.05) is 0 Å². The van der Waals surface area contributed by atoms with E-state index >= 15 is 0 Å². The smallest absolute Gasteiger partial charge is 0.138 e. The van der Waals surface area contributed by atoms with Gasteiger partial charge < -0.3 is 14.9 Å². The fourth-order valence-corrected chi connectivity index (χ4v) is 4.97. The minimum atomic E-state index is 0.148. The third kappa shape index (κ3) is 4.98. The first kappa shape index (κ1) is 23.6. The Morgan fingerprint density at radius 2 is 1.66 bits per heavy atom. The van der Waals surface area contributed by atoms with Crippen LogP contribution in [0.1, 0.15) is 56.9 Å². The molecule has 1 fully saturated rings. The van der Waals surface area contributed by atoms with Gasteiger partial charge in [0.1, 0.15) is 17.2 Å². The molecule has 3 heterocycles. The highest BCUT2D eigenvalue weighted by Gasteiger charge is 2.22. The maximum Gasteiger partial charge on any atom is 0.138 e. The summed E-state index contributed by atoms with van der Waals surface area (Å²) in [5.41, 5.74) is 8.38. The van der Waals surface area contributed by atoms with Crippen LogP contribution in [0.2, 0.25) is 0 Å². The molecular formula is C29H38N6. The molecule has 0 unspecified atom stereocenters. The Morgan fingerprint density at radius 1 is 0.914 bits per heavy atom. The Kier molecular flexibility index (Phi) is 6.41. The molecule has 0 aliphatic carbocycles. The van der Waals surface area contributed by atoms with Gasteiger partial charge in [-0.25, -0.2) is 9.97 Å². The van der Waals surface area contributed by atoms with Crippen LogP contribution < -0.4 is 4.90 Å². The van der Waals surface area contributed by atoms with Crippen molar-refractivity contribution in [3.63, 3.8) is 0 Å². The number of fused-ring (bicyclic) bond motifs is 1. The maximum atomic E-state index is 5.04. The minimum Gasteiger partial charge on any atom is -0.367 e. The van der Waals surface area contributed by atoms with Crippen LogP contribution in [0.5, 0.6) is 0 Å². The van der Waals surface area contributed by atoms with E-state index < -0.39 is 0 Å². The number of aryl methyl sites for hydroxylation is 2. The van der Waals surface area contributed by atoms with E-state index in [0.29, 0.717) is 0 Å². The maximum absolute atomic E-state index is 5.04. The van der Waals surface area contributed by atoms with Crippen LogP contribution in [0, 0.1) is 6.92 Å². The predicted octanol–water partition coefficient (Wildman–Crippen LogP) is 5.83. The van der Waals surface area contributed by atoms with Crippen molar-refractivity contribution in [1.29, 1.82) is 0 Å². The van der Waals surface area contributed by atoms with E-state index in [-0.39, 0.29) is 5.41 Å². The average Bonchev–Trinajstić information content (AvgIpc) is 3.42. The second-order valence-corrected chi connectivity index (χ2v) is 10.9. The van der Waals surface area contributed by atoms with Gasteiger partial charge in [-0.2, -0.15) is 0 Å². The molecule has 0 amide bonds. The van der Waals surface area contributed by atoms with Gasteiger partial charge in [0, 0.05) is 50.4 Å². The molecule has 184 valence electrons. The summed E-state index contributed by atoms with van der Waals surface area (Å²) in [5.74, 6) is 2.05. The summed E-state index contributed by atoms with van der Waals surface area (Å²) < 4.78 is 0. The highest BCUT2D eigenvalue weighted by molar-refractivity contribution is 5.91. The predicted molar refractivity (Wildman–Crippen MR) is 145 cm³/mol. The number of hydrogen-bond donors (Lipinski definition) is 2. The largest absolute Gasteiger partial charge is 0.367 e. The van der Waals surface area contributed by atoms with E-state index in [4.69, 9.17) is 9.97 Å². The van der Waals surface area contributed by atoms with Crippen molar-refractivity contribution in [3.05, 3.63) is 65.2 Å². The van der Waals surface area contributed by atoms with Gasteiger partial charge in [-0.15, -0.1) is 0 Å². The van der Waals surface area contributed by atoms with E-state index in [1.54, 1.807) is 0 Å². The Bertz CT molecular complexity index is 1280. The number of rotatable bonds is 6. The number of para-hydroxylation sites is 1. The number of nitrogens with one attached hydrogen (secondary N) is 2. The molecule has 1 aliphatic heterocycles. The number of H-pyrrole nitrogens is 2. The molecule has 6 heteroatoms. The number of imidazole rings is 2. The second-order valence-electron chi connectivity index (χ2n) is 10.9. The average molecular weight is 471 g/mol. The van der Waals surface area contributed by atoms with Crippen LogP contribution in [-0.4, -0.2) is 51.0 Å². The van der Waals surface area contributed by atoms with Crippen molar-refractivity contribution < 1.29 is 0 Å². The summed E-state index contributed by atoms with van der Waals surface area (Å²) in [6, 6.07) is 15.3. The molecule has 2 aromatic heterocycles. The van der Waals surface area contributed by atoms with Crippen LogP contribution in [0.4, 0.5) is 5.69 Å². The molecule has 4 aromatic rings. The van der Waals surface area contributed by atoms with Crippen molar-refractivity contribution >= 4 is 16.7 Å². The molecule has 6 nitrogen and oxygen atoms in total. The number of aromatic nitrogens is 4. The van der Waals surface area contributed by atoms with Crippen molar-refractivity contribution in [2.45, 2.75) is 59.4 Å². The number of piperazine rings is 1. The highest BCUT2D eigenvalue weighted by Crippen LogP contribution is 2.30. The normalized spacial score (nSPS) is 15.3. The number of nitrogens with zero attached hydrogens (tertiary/aromatic N) is 4. The summed E-state index contributed by atoms with van der Waals surface area (Å²) in [6.07, 6.45) is 2.14. The van der Waals surface area contributed by atoms with Gasteiger partial charge in [-0.05, 0) is 36.5 Å². The molecule has 5 rings (SSSR count). The summed E-state index contributed by atoms with van der Waals surface area (Å²) in [4.78, 5) is 21.9. The van der Waals surface area contributed by atoms with E-state index in [1.165, 1.54) is 22.6 Å². The standard InChI is InChI=1S/C29H38N6/c1-6-8-26-30-20(2)24(31-26)19-34-15-17-35(18-16-34)25-10-7-9-23-27(25)33-28(32-23)21-11-13-22(14-12-21)29(3,4)5/h7,9-14H,6,8,15-19H2,1-5H3,(H,30,31)(H,32,33). The Balaban J connectivity index is 1.30. The monoisotopic (exact) mass is 470 g/mol. The molecule has 0 atom stereocenters. The lowest BCUT2D eigenvalue weighted by Crippen LogP contribution is -2.46. The third-order valence-electron chi connectivity index (χ3n) is 7.12. The van der Waals surface area contributed by atoms with Crippen molar-refractivity contribution in [2.24, 2.45) is 0 Å². The summed E-state index contributed by atoms with van der Waals surface area (Å²) in [6.45, 7) is 16.0. The van der Waals surface area contributed by atoms with E-state index in [2.05, 4.69) is 96.9 Å². The molecule has 0 spiro atoms. The number of hydrogen-bond acceptors (Lipinski definition) is 4. The minimum absolute atomic E-state index is 0.148. The SMILES string of the molecule is CCCc1nc(CN2CCN(c3cccc4[nH]c(-c5ccc(C(C)(C)C)cc5)nc34)CC2)c(C)[nH]1. The van der Waals surface area contributed by atoms with Gasteiger partial charge in [0.2, 0.25) is 0 Å². The van der Waals surface area contributed by atoms with Crippen LogP contribution >= 0.6 is 0 Å². The lowest BCUT2D eigenvalue weighted by atomic mass is 9.87. The van der Waals surface area contributed by atoms with Gasteiger partial charge in [0.25, 0.3) is 0 Å². The van der Waals surface area contributed by atoms with Crippen LogP contribution in [0.15, 0.2) is 42.5 Å². The summed E-state index contributed by atoms with van der Waals surface area (Å²) >= 11 is 0. The lowest BCUT2D eigenvalue weighted by molar-refractivity contribution is 0.247. The van der Waals surface area contributed by atoms with E-state index in [0.717, 1.165) is 73.8 Å². The number of benzene rings is 2. The fraction of sp³-hybridized carbons (Fsp3) is 0.448. The van der Waals surface area contributed by atoms with Crippen molar-refractivity contribution in [1.82, 2.24) is 24.8 Å². The summed E-state index contributed by atoms with van der Waals surface area (Å²) in [7, 11) is 0. The molecule has 35 heavy (non-hydrogen) atoms. The molecule has 0 radical (unpaired) electrons. The third-order valence-corrected chi connectivity index (χ3v) is 7.12. The van der Waals surface area contributed by atoms with Crippen LogP contribution in [0.3, 0.4) is 0 Å². The molecule has 2 N–H and O–H groups in total. The van der Waals surface area contributed by atoms with Gasteiger partial charge in [0.05, 0.1) is 16.9 Å². The highest BCUT2D eigenvalue weighted by atomic mass is 15.3. The quantitative estimate of drug-likeness (QED) is 0.372. The van der Waals surface area contributed by atoms with Gasteiger partial charge in [-0.3, -0.25) is 4.90 Å². The van der Waals surface area contributed by atoms with Crippen LogP contribution in [-0.2, 0) is 18.4 Å². The molecule has 0 saturated carbocycles. The first-order valence-corrected chi connectivity index (χ1v) is 12.9. The van der Waals surface area contributed by atoms with Gasteiger partial charge in [-0.1, -0.05) is 58.0 Å². The Hall–Kier alpha value is -3.12. The lowest BCUT2D eigenvalue weighted by Gasteiger charge is -2.36. The van der Waals surface area contributed by atoms with Crippen molar-refractivity contribution in [2.75, 3.05) is 31.1 Å². The molecular weight excluding hydrogens is 432 g/mol. The number of aromatic amines is 2. The molecule has 0 bridgehead atoms. The zero-order valence-electron chi connectivity index (χ0n) is 21.8.